The van der Waals surface area contributed by atoms with Crippen molar-refractivity contribution in [3.63, 3.8) is 0 Å². The SMILES string of the molecule is CCN1C(=O)COc2c(CN3CCOCC3)cc(Nc3nccc(-c4ccncc4)n3)cc21. The summed E-state index contributed by atoms with van der Waals surface area (Å²) in [5, 5.41) is 3.33. The van der Waals surface area contributed by atoms with Crippen molar-refractivity contribution in [1.29, 1.82) is 0 Å². The van der Waals surface area contributed by atoms with E-state index < -0.39 is 0 Å². The first-order chi connectivity index (χ1) is 16.2. The molecule has 2 aliphatic rings. The quantitative estimate of drug-likeness (QED) is 0.618. The van der Waals surface area contributed by atoms with Gasteiger partial charge in [-0.25, -0.2) is 9.97 Å². The molecule has 2 aromatic heterocycles. The number of fused-ring (bicyclic) bond motifs is 1. The lowest BCUT2D eigenvalue weighted by atomic mass is 10.1. The molecule has 0 bridgehead atoms. The van der Waals surface area contributed by atoms with Crippen LogP contribution in [-0.2, 0) is 16.1 Å². The number of likely N-dealkylation sites (N-methyl/N-ethyl adjacent to an activating group) is 1. The van der Waals surface area contributed by atoms with Gasteiger partial charge in [0.25, 0.3) is 5.91 Å². The van der Waals surface area contributed by atoms with Gasteiger partial charge in [-0.2, -0.15) is 0 Å². The maximum Gasteiger partial charge on any atom is 0.265 e. The number of rotatable bonds is 6. The second-order valence-electron chi connectivity index (χ2n) is 7.93. The highest BCUT2D eigenvalue weighted by Crippen LogP contribution is 2.39. The average molecular weight is 447 g/mol. The first kappa shape index (κ1) is 21.3. The number of ether oxygens (including phenoxy) is 2. The third-order valence-electron chi connectivity index (χ3n) is 5.78. The Kier molecular flexibility index (Phi) is 6.14. The fourth-order valence-corrected chi connectivity index (χ4v) is 4.15. The molecule has 4 heterocycles. The van der Waals surface area contributed by atoms with Crippen molar-refractivity contribution < 1.29 is 14.3 Å². The zero-order valence-electron chi connectivity index (χ0n) is 18.5. The van der Waals surface area contributed by atoms with Crippen LogP contribution in [0.15, 0.2) is 48.9 Å². The van der Waals surface area contributed by atoms with Crippen molar-refractivity contribution in [2.45, 2.75) is 13.5 Å². The van der Waals surface area contributed by atoms with Crippen LogP contribution in [0.2, 0.25) is 0 Å². The zero-order chi connectivity index (χ0) is 22.6. The van der Waals surface area contributed by atoms with Crippen LogP contribution in [0.4, 0.5) is 17.3 Å². The van der Waals surface area contributed by atoms with Crippen LogP contribution < -0.4 is 15.0 Å². The van der Waals surface area contributed by atoms with Gasteiger partial charge in [0.2, 0.25) is 5.95 Å². The average Bonchev–Trinajstić information content (AvgIpc) is 2.85. The van der Waals surface area contributed by atoms with E-state index in [0.717, 1.165) is 60.2 Å². The summed E-state index contributed by atoms with van der Waals surface area (Å²) in [5.74, 6) is 1.20. The lowest BCUT2D eigenvalue weighted by Crippen LogP contribution is -2.40. The van der Waals surface area contributed by atoms with Gasteiger partial charge in [0.15, 0.2) is 6.61 Å². The number of hydrogen-bond donors (Lipinski definition) is 1. The Labute approximate surface area is 192 Å². The Bertz CT molecular complexity index is 1130. The Morgan fingerprint density at radius 2 is 1.91 bits per heavy atom. The number of amides is 1. The van der Waals surface area contributed by atoms with Gasteiger partial charge >= 0.3 is 0 Å². The molecule has 1 amide bonds. The highest BCUT2D eigenvalue weighted by molar-refractivity contribution is 5.99. The van der Waals surface area contributed by atoms with Crippen molar-refractivity contribution in [3.05, 3.63) is 54.5 Å². The van der Waals surface area contributed by atoms with Gasteiger partial charge in [-0.05, 0) is 37.3 Å². The van der Waals surface area contributed by atoms with E-state index in [9.17, 15) is 4.79 Å². The zero-order valence-corrected chi connectivity index (χ0v) is 18.5. The summed E-state index contributed by atoms with van der Waals surface area (Å²) >= 11 is 0. The highest BCUT2D eigenvalue weighted by atomic mass is 16.5. The largest absolute Gasteiger partial charge is 0.481 e. The van der Waals surface area contributed by atoms with Gasteiger partial charge < -0.3 is 19.7 Å². The number of anilines is 3. The molecule has 2 aliphatic heterocycles. The lowest BCUT2D eigenvalue weighted by Gasteiger charge is -2.32. The molecule has 170 valence electrons. The maximum absolute atomic E-state index is 12.5. The normalized spacial score (nSPS) is 16.3. The van der Waals surface area contributed by atoms with Crippen LogP contribution in [-0.4, -0.2) is 65.2 Å². The van der Waals surface area contributed by atoms with Gasteiger partial charge in [-0.3, -0.25) is 14.7 Å². The van der Waals surface area contributed by atoms with E-state index in [1.807, 2.05) is 31.2 Å². The van der Waals surface area contributed by atoms with Gasteiger partial charge in [0.1, 0.15) is 5.75 Å². The van der Waals surface area contributed by atoms with Crippen molar-refractivity contribution in [2.24, 2.45) is 0 Å². The lowest BCUT2D eigenvalue weighted by molar-refractivity contribution is -0.121. The predicted molar refractivity (Wildman–Crippen MR) is 125 cm³/mol. The molecule has 33 heavy (non-hydrogen) atoms. The van der Waals surface area contributed by atoms with E-state index in [1.54, 1.807) is 23.5 Å². The van der Waals surface area contributed by atoms with Crippen LogP contribution in [0.25, 0.3) is 11.3 Å². The third-order valence-corrected chi connectivity index (χ3v) is 5.78. The van der Waals surface area contributed by atoms with Crippen molar-refractivity contribution >= 4 is 23.2 Å². The van der Waals surface area contributed by atoms with E-state index >= 15 is 0 Å². The molecule has 9 heteroatoms. The van der Waals surface area contributed by atoms with Gasteiger partial charge in [-0.1, -0.05) is 0 Å². The molecule has 1 N–H and O–H groups in total. The molecular formula is C24H26N6O3. The summed E-state index contributed by atoms with van der Waals surface area (Å²) in [5.41, 5.74) is 4.36. The summed E-state index contributed by atoms with van der Waals surface area (Å²) in [6.07, 6.45) is 5.20. The molecule has 0 atom stereocenters. The molecule has 0 spiro atoms. The molecule has 5 rings (SSSR count). The van der Waals surface area contributed by atoms with E-state index in [1.165, 1.54) is 0 Å². The third kappa shape index (κ3) is 4.64. The topological polar surface area (TPSA) is 92.7 Å². The Morgan fingerprint density at radius 3 is 2.70 bits per heavy atom. The molecule has 0 unspecified atom stereocenters. The van der Waals surface area contributed by atoms with Crippen molar-refractivity contribution in [3.8, 4) is 17.0 Å². The number of pyridine rings is 1. The van der Waals surface area contributed by atoms with Crippen LogP contribution >= 0.6 is 0 Å². The number of aromatic nitrogens is 3. The van der Waals surface area contributed by atoms with Crippen LogP contribution in [0.5, 0.6) is 5.75 Å². The monoisotopic (exact) mass is 446 g/mol. The van der Waals surface area contributed by atoms with Crippen molar-refractivity contribution in [1.82, 2.24) is 19.9 Å². The minimum atomic E-state index is -0.0459. The number of hydrogen-bond acceptors (Lipinski definition) is 8. The van der Waals surface area contributed by atoms with E-state index in [0.29, 0.717) is 19.0 Å². The second kappa shape index (κ2) is 9.51. The van der Waals surface area contributed by atoms with E-state index in [4.69, 9.17) is 9.47 Å². The fourth-order valence-electron chi connectivity index (χ4n) is 4.15. The molecular weight excluding hydrogens is 420 g/mol. The molecule has 0 radical (unpaired) electrons. The number of nitrogens with zero attached hydrogens (tertiary/aromatic N) is 5. The first-order valence-electron chi connectivity index (χ1n) is 11.1. The number of carbonyl (C=O) groups excluding carboxylic acids is 1. The van der Waals surface area contributed by atoms with Gasteiger partial charge in [0, 0.05) is 61.6 Å². The minimum absolute atomic E-state index is 0.0459. The number of nitrogens with one attached hydrogen (secondary N) is 1. The standard InChI is InChI=1S/C24H26N6O3/c1-2-30-21-14-19(27-24-26-8-5-20(28-24)17-3-6-25-7-4-17)13-18(23(21)33-16-22(30)31)15-29-9-11-32-12-10-29/h3-8,13-14H,2,9-12,15-16H2,1H3,(H,26,27,28). The molecule has 3 aromatic rings. The number of morpholine rings is 1. The predicted octanol–water partition coefficient (Wildman–Crippen LogP) is 2.86. The Morgan fingerprint density at radius 1 is 1.09 bits per heavy atom. The first-order valence-corrected chi connectivity index (χ1v) is 11.1. The Balaban J connectivity index is 1.49. The van der Waals surface area contributed by atoms with Crippen LogP contribution in [0.1, 0.15) is 12.5 Å². The summed E-state index contributed by atoms with van der Waals surface area (Å²) < 4.78 is 11.4. The summed E-state index contributed by atoms with van der Waals surface area (Å²) in [6.45, 7) is 6.47. The summed E-state index contributed by atoms with van der Waals surface area (Å²) in [6, 6.07) is 9.67. The number of carbonyl (C=O) groups is 1. The second-order valence-corrected chi connectivity index (χ2v) is 7.93. The fraction of sp³-hybridized carbons (Fsp3) is 0.333. The molecule has 0 saturated carbocycles. The molecule has 1 fully saturated rings. The van der Waals surface area contributed by atoms with E-state index in [2.05, 4.69) is 31.2 Å². The summed E-state index contributed by atoms with van der Waals surface area (Å²) in [7, 11) is 0. The molecule has 1 aromatic carbocycles. The maximum atomic E-state index is 12.5. The molecule has 1 saturated heterocycles. The highest BCUT2D eigenvalue weighted by Gasteiger charge is 2.28. The van der Waals surface area contributed by atoms with Gasteiger partial charge in [0.05, 0.1) is 24.6 Å². The van der Waals surface area contributed by atoms with E-state index in [-0.39, 0.29) is 12.5 Å². The smallest absolute Gasteiger partial charge is 0.265 e. The summed E-state index contributed by atoms with van der Waals surface area (Å²) in [4.78, 5) is 29.7. The minimum Gasteiger partial charge on any atom is -0.481 e. The van der Waals surface area contributed by atoms with Crippen LogP contribution in [0, 0.1) is 0 Å². The van der Waals surface area contributed by atoms with Crippen molar-refractivity contribution in [2.75, 3.05) is 49.7 Å². The van der Waals surface area contributed by atoms with Gasteiger partial charge in [-0.15, -0.1) is 0 Å². The number of benzene rings is 1. The van der Waals surface area contributed by atoms with Crippen LogP contribution in [0.3, 0.4) is 0 Å². The Hall–Kier alpha value is -3.56. The molecule has 0 aliphatic carbocycles. The molecule has 9 nitrogen and oxygen atoms in total.